The predicted molar refractivity (Wildman–Crippen MR) is 131 cm³/mol. The van der Waals surface area contributed by atoms with Crippen molar-refractivity contribution in [2.45, 2.75) is 45.8 Å². The number of aromatic nitrogens is 6. The Balaban J connectivity index is 1.68. The lowest BCUT2D eigenvalue weighted by molar-refractivity contribution is 0.496. The fraction of sp³-hybridized carbons (Fsp3) is 0.417. The van der Waals surface area contributed by atoms with Gasteiger partial charge in [-0.05, 0) is 38.3 Å². The fourth-order valence-corrected chi connectivity index (χ4v) is 4.68. The van der Waals surface area contributed by atoms with Gasteiger partial charge in [0, 0.05) is 38.6 Å². The minimum Gasteiger partial charge on any atom is -0.341 e. The molecule has 34 heavy (non-hydrogen) atoms. The molecule has 0 bridgehead atoms. The van der Waals surface area contributed by atoms with Gasteiger partial charge < -0.3 is 15.0 Å². The Morgan fingerprint density at radius 2 is 2.03 bits per heavy atom. The summed E-state index contributed by atoms with van der Waals surface area (Å²) in [5.74, 6) is 6.58. The number of pyridine rings is 1. The Kier molecular flexibility index (Phi) is 5.49. The second-order valence-corrected chi connectivity index (χ2v) is 8.83. The molecular weight excluding hydrogens is 432 g/mol. The Labute approximate surface area is 196 Å². The van der Waals surface area contributed by atoms with Crippen LogP contribution in [0.25, 0.3) is 16.8 Å². The minimum absolute atomic E-state index is 0.0400. The van der Waals surface area contributed by atoms with Gasteiger partial charge in [0.1, 0.15) is 5.65 Å². The number of nitrogens with two attached hydrogens (primary N) is 1. The van der Waals surface area contributed by atoms with Crippen LogP contribution in [-0.4, -0.2) is 47.2 Å². The first kappa shape index (κ1) is 22.0. The van der Waals surface area contributed by atoms with Crippen molar-refractivity contribution < 1.29 is 0 Å². The van der Waals surface area contributed by atoms with E-state index in [2.05, 4.69) is 21.7 Å². The minimum atomic E-state index is -0.431. The van der Waals surface area contributed by atoms with E-state index >= 15 is 0 Å². The normalized spacial score (nSPS) is 16.2. The second-order valence-electron chi connectivity index (χ2n) is 8.83. The summed E-state index contributed by atoms with van der Waals surface area (Å²) in [5.41, 5.74) is 8.54. The first-order valence-corrected chi connectivity index (χ1v) is 11.4. The molecule has 1 aliphatic heterocycles. The van der Waals surface area contributed by atoms with Crippen LogP contribution in [0.4, 0.5) is 5.95 Å². The van der Waals surface area contributed by atoms with Gasteiger partial charge in [0.2, 0.25) is 5.95 Å². The third-order valence-corrected chi connectivity index (χ3v) is 6.41. The van der Waals surface area contributed by atoms with Crippen molar-refractivity contribution in [2.75, 3.05) is 18.0 Å². The zero-order chi connectivity index (χ0) is 24.0. The lowest BCUT2D eigenvalue weighted by Gasteiger charge is -2.31. The van der Waals surface area contributed by atoms with Gasteiger partial charge in [0.05, 0.1) is 18.8 Å². The molecule has 10 nitrogen and oxygen atoms in total. The molecule has 4 aromatic heterocycles. The largest absolute Gasteiger partial charge is 0.341 e. The smallest absolute Gasteiger partial charge is 0.332 e. The number of imidazole rings is 2. The number of anilines is 1. The van der Waals surface area contributed by atoms with Crippen molar-refractivity contribution in [3.8, 4) is 11.8 Å². The summed E-state index contributed by atoms with van der Waals surface area (Å²) in [6.07, 6.45) is 5.64. The number of nitrogens with zero attached hydrogens (tertiary/aromatic N) is 7. The summed E-state index contributed by atoms with van der Waals surface area (Å²) in [5, 5.41) is 0. The number of rotatable bonds is 4. The summed E-state index contributed by atoms with van der Waals surface area (Å²) < 4.78 is 6.37. The molecule has 1 atom stereocenters. The van der Waals surface area contributed by atoms with Crippen molar-refractivity contribution >= 4 is 22.8 Å². The van der Waals surface area contributed by atoms with E-state index in [0.29, 0.717) is 35.9 Å². The molecule has 10 heteroatoms. The standard InChI is InChI=1S/C24H28N8O2/c1-4-5-12-31-19-21(27-23(31)30-11-7-9-17(25)13-30)28(3)24(34)32(22(19)33)15-18-14-29-10-6-8-16(2)20(29)26-18/h6,8,10,14,17H,7,9,11-13,15,25H2,1-3H3. The molecule has 0 aliphatic carbocycles. The van der Waals surface area contributed by atoms with Crippen LogP contribution >= 0.6 is 0 Å². The van der Waals surface area contributed by atoms with Gasteiger partial charge in [-0.25, -0.2) is 9.78 Å². The van der Waals surface area contributed by atoms with Crippen LogP contribution in [0.15, 0.2) is 34.1 Å². The average molecular weight is 461 g/mol. The Morgan fingerprint density at radius 1 is 1.21 bits per heavy atom. The SMILES string of the molecule is CC#CCn1c(N2CCCC(N)C2)nc2c1c(=O)n(Cc1cn3cccc(C)c3n1)c(=O)n2C. The van der Waals surface area contributed by atoms with Crippen molar-refractivity contribution in [3.05, 3.63) is 56.6 Å². The summed E-state index contributed by atoms with van der Waals surface area (Å²) in [6.45, 7) is 5.54. The molecule has 0 aromatic carbocycles. The number of aryl methyl sites for hydroxylation is 2. The maximum absolute atomic E-state index is 13.7. The maximum atomic E-state index is 13.7. The molecule has 1 fully saturated rings. The van der Waals surface area contributed by atoms with Crippen LogP contribution in [0.3, 0.4) is 0 Å². The van der Waals surface area contributed by atoms with E-state index in [1.54, 1.807) is 14.0 Å². The number of piperidine rings is 1. The summed E-state index contributed by atoms with van der Waals surface area (Å²) >= 11 is 0. The molecule has 0 amide bonds. The lowest BCUT2D eigenvalue weighted by atomic mass is 10.1. The van der Waals surface area contributed by atoms with Crippen molar-refractivity contribution in [2.24, 2.45) is 12.8 Å². The first-order valence-electron chi connectivity index (χ1n) is 11.4. The molecule has 1 aliphatic rings. The monoisotopic (exact) mass is 460 g/mol. The van der Waals surface area contributed by atoms with Gasteiger partial charge in [0.25, 0.3) is 5.56 Å². The van der Waals surface area contributed by atoms with Crippen LogP contribution in [0, 0.1) is 18.8 Å². The van der Waals surface area contributed by atoms with Crippen LogP contribution < -0.4 is 21.9 Å². The van der Waals surface area contributed by atoms with E-state index in [1.807, 2.05) is 40.4 Å². The molecule has 0 saturated carbocycles. The summed E-state index contributed by atoms with van der Waals surface area (Å²) in [6, 6.07) is 3.95. The van der Waals surface area contributed by atoms with Crippen molar-refractivity contribution in [1.29, 1.82) is 0 Å². The quantitative estimate of drug-likeness (QED) is 0.453. The van der Waals surface area contributed by atoms with Gasteiger partial charge in [-0.1, -0.05) is 12.0 Å². The van der Waals surface area contributed by atoms with Gasteiger partial charge in [-0.3, -0.25) is 18.5 Å². The Bertz CT molecular complexity index is 1580. The van der Waals surface area contributed by atoms with Crippen molar-refractivity contribution in [1.82, 2.24) is 28.1 Å². The van der Waals surface area contributed by atoms with Crippen LogP contribution in [0.2, 0.25) is 0 Å². The summed E-state index contributed by atoms with van der Waals surface area (Å²) in [7, 11) is 1.64. The van der Waals surface area contributed by atoms with Gasteiger partial charge in [0.15, 0.2) is 11.2 Å². The second kappa shape index (κ2) is 8.50. The van der Waals surface area contributed by atoms with E-state index in [4.69, 9.17) is 10.7 Å². The number of hydrogen-bond donors (Lipinski definition) is 1. The molecule has 1 unspecified atom stereocenters. The van der Waals surface area contributed by atoms with Crippen LogP contribution in [-0.2, 0) is 20.1 Å². The van der Waals surface area contributed by atoms with Crippen molar-refractivity contribution in [3.63, 3.8) is 0 Å². The van der Waals surface area contributed by atoms with Crippen LogP contribution in [0.5, 0.6) is 0 Å². The third-order valence-electron chi connectivity index (χ3n) is 6.41. The summed E-state index contributed by atoms with van der Waals surface area (Å²) in [4.78, 5) is 38.4. The third kappa shape index (κ3) is 3.58. The van der Waals surface area contributed by atoms with E-state index in [9.17, 15) is 9.59 Å². The molecule has 2 N–H and O–H groups in total. The molecule has 5 heterocycles. The predicted octanol–water partition coefficient (Wildman–Crippen LogP) is 0.852. The van der Waals surface area contributed by atoms with E-state index < -0.39 is 11.2 Å². The zero-order valence-electron chi connectivity index (χ0n) is 19.7. The highest BCUT2D eigenvalue weighted by molar-refractivity contribution is 5.75. The van der Waals surface area contributed by atoms with Crippen LogP contribution in [0.1, 0.15) is 31.0 Å². The maximum Gasteiger partial charge on any atom is 0.332 e. The average Bonchev–Trinajstić information content (AvgIpc) is 3.41. The highest BCUT2D eigenvalue weighted by atomic mass is 16.2. The lowest BCUT2D eigenvalue weighted by Crippen LogP contribution is -2.44. The van der Waals surface area contributed by atoms with E-state index in [-0.39, 0.29) is 12.6 Å². The first-order chi connectivity index (χ1) is 16.4. The van der Waals surface area contributed by atoms with E-state index in [1.165, 1.54) is 9.13 Å². The topological polar surface area (TPSA) is 108 Å². The molecule has 1 saturated heterocycles. The zero-order valence-corrected chi connectivity index (χ0v) is 19.7. The molecule has 4 aromatic rings. The fourth-order valence-electron chi connectivity index (χ4n) is 4.68. The molecule has 0 spiro atoms. The number of fused-ring (bicyclic) bond motifs is 2. The molecule has 0 radical (unpaired) electrons. The Morgan fingerprint density at radius 3 is 2.76 bits per heavy atom. The Hall–Kier alpha value is -3.84. The van der Waals surface area contributed by atoms with Gasteiger partial charge in [-0.15, -0.1) is 5.92 Å². The highest BCUT2D eigenvalue weighted by Crippen LogP contribution is 2.23. The molecule has 5 rings (SSSR count). The highest BCUT2D eigenvalue weighted by Gasteiger charge is 2.26. The van der Waals surface area contributed by atoms with Gasteiger partial charge >= 0.3 is 5.69 Å². The number of hydrogen-bond acceptors (Lipinski definition) is 6. The molecular formula is C24H28N8O2. The van der Waals surface area contributed by atoms with E-state index in [0.717, 1.165) is 30.6 Å². The van der Waals surface area contributed by atoms with Gasteiger partial charge in [-0.2, -0.15) is 4.98 Å². The molecule has 176 valence electrons.